The highest BCUT2D eigenvalue weighted by Gasteiger charge is 2.35. The number of nitrogens with two attached hydrogens (primary N) is 1. The third-order valence-electron chi connectivity index (χ3n) is 6.80. The van der Waals surface area contributed by atoms with Gasteiger partial charge in [0.1, 0.15) is 17.7 Å². The van der Waals surface area contributed by atoms with E-state index in [1.54, 1.807) is 29.2 Å². The predicted octanol–water partition coefficient (Wildman–Crippen LogP) is 2.60. The molecule has 2 saturated heterocycles. The molecule has 2 fully saturated rings. The first-order chi connectivity index (χ1) is 17.3. The molecule has 0 aliphatic carbocycles. The van der Waals surface area contributed by atoms with Crippen LogP contribution in [0, 0.1) is 23.0 Å². The second-order valence-electron chi connectivity index (χ2n) is 9.30. The van der Waals surface area contributed by atoms with Crippen LogP contribution in [-0.2, 0) is 9.59 Å². The molecule has 2 aromatic rings. The number of carbonyl (C=O) groups is 2. The van der Waals surface area contributed by atoms with Crippen molar-refractivity contribution in [3.8, 4) is 6.07 Å². The summed E-state index contributed by atoms with van der Waals surface area (Å²) in [5.41, 5.74) is 8.60. The van der Waals surface area contributed by atoms with Crippen molar-refractivity contribution in [1.82, 2.24) is 14.7 Å². The lowest BCUT2D eigenvalue weighted by Crippen LogP contribution is -2.52. The van der Waals surface area contributed by atoms with E-state index in [0.717, 1.165) is 16.7 Å². The molecule has 4 rings (SSSR count). The number of carbonyl (C=O) groups excluding carboxylic acids is 2. The lowest BCUT2D eigenvalue weighted by molar-refractivity contribution is -0.139. The fourth-order valence-corrected chi connectivity index (χ4v) is 4.90. The Kier molecular flexibility index (Phi) is 7.77. The van der Waals surface area contributed by atoms with Crippen molar-refractivity contribution >= 4 is 11.8 Å². The fraction of sp³-hybridized carbons (Fsp3) is 0.370. The number of likely N-dealkylation sites (tertiary alicyclic amines) is 1. The molecule has 36 heavy (non-hydrogen) atoms. The van der Waals surface area contributed by atoms with Gasteiger partial charge in [-0.15, -0.1) is 0 Å². The van der Waals surface area contributed by atoms with E-state index >= 15 is 0 Å². The van der Waals surface area contributed by atoms with E-state index in [2.05, 4.69) is 17.5 Å². The molecule has 0 aromatic heterocycles. The van der Waals surface area contributed by atoms with Crippen molar-refractivity contribution in [2.45, 2.75) is 31.0 Å². The maximum absolute atomic E-state index is 13.5. The summed E-state index contributed by atoms with van der Waals surface area (Å²) in [6, 6.07) is 12.7. The monoisotopic (exact) mass is 493 g/mol. The average molecular weight is 494 g/mol. The third kappa shape index (κ3) is 5.61. The number of piperazine rings is 1. The SMILES string of the molecule is C=C1C[C@@H](C#N)N(C(=O)[C@@H](N)CC(=O)N2CCN(C(c3ccc(F)cc3)c3ccc(F)cc3)CC2)C1. The minimum absolute atomic E-state index is 0.140. The van der Waals surface area contributed by atoms with Gasteiger partial charge in [-0.05, 0) is 35.4 Å². The quantitative estimate of drug-likeness (QED) is 0.625. The predicted molar refractivity (Wildman–Crippen MR) is 130 cm³/mol. The van der Waals surface area contributed by atoms with Crippen molar-refractivity contribution in [3.05, 3.63) is 83.4 Å². The molecule has 2 aliphatic heterocycles. The van der Waals surface area contributed by atoms with Crippen LogP contribution in [0.4, 0.5) is 8.78 Å². The number of hydrogen-bond acceptors (Lipinski definition) is 5. The first-order valence-corrected chi connectivity index (χ1v) is 11.9. The second-order valence-corrected chi connectivity index (χ2v) is 9.30. The van der Waals surface area contributed by atoms with Gasteiger partial charge in [0.15, 0.2) is 0 Å². The van der Waals surface area contributed by atoms with Gasteiger partial charge in [-0.3, -0.25) is 14.5 Å². The molecule has 0 saturated carbocycles. The molecular formula is C27H29F2N5O2. The fourth-order valence-electron chi connectivity index (χ4n) is 4.90. The van der Waals surface area contributed by atoms with Gasteiger partial charge in [-0.1, -0.05) is 36.4 Å². The van der Waals surface area contributed by atoms with Crippen molar-refractivity contribution < 1.29 is 18.4 Å². The second kappa shape index (κ2) is 11.0. The highest BCUT2D eigenvalue weighted by atomic mass is 19.1. The zero-order valence-corrected chi connectivity index (χ0v) is 19.9. The van der Waals surface area contributed by atoms with Crippen LogP contribution >= 0.6 is 0 Å². The van der Waals surface area contributed by atoms with Gasteiger partial charge < -0.3 is 15.5 Å². The zero-order chi connectivity index (χ0) is 25.8. The highest BCUT2D eigenvalue weighted by Crippen LogP contribution is 2.30. The van der Waals surface area contributed by atoms with Gasteiger partial charge in [0.05, 0.1) is 24.6 Å². The van der Waals surface area contributed by atoms with Gasteiger partial charge in [-0.2, -0.15) is 5.26 Å². The summed E-state index contributed by atoms with van der Waals surface area (Å²) < 4.78 is 27.1. The summed E-state index contributed by atoms with van der Waals surface area (Å²) in [5.74, 6) is -1.31. The normalized spacial score (nSPS) is 19.4. The van der Waals surface area contributed by atoms with E-state index in [9.17, 15) is 23.6 Å². The molecule has 7 nitrogen and oxygen atoms in total. The Balaban J connectivity index is 1.40. The van der Waals surface area contributed by atoms with Crippen LogP contribution in [0.2, 0.25) is 0 Å². The Bertz CT molecular complexity index is 1110. The van der Waals surface area contributed by atoms with Crippen molar-refractivity contribution in [2.75, 3.05) is 32.7 Å². The van der Waals surface area contributed by atoms with E-state index < -0.39 is 18.0 Å². The summed E-state index contributed by atoms with van der Waals surface area (Å²) >= 11 is 0. The Morgan fingerprint density at radius 2 is 1.53 bits per heavy atom. The molecule has 0 radical (unpaired) electrons. The number of hydrogen-bond donors (Lipinski definition) is 1. The van der Waals surface area contributed by atoms with Crippen molar-refractivity contribution in [1.29, 1.82) is 5.26 Å². The molecule has 2 N–H and O–H groups in total. The summed E-state index contributed by atoms with van der Waals surface area (Å²) in [5, 5.41) is 9.29. The molecule has 2 amide bonds. The maximum atomic E-state index is 13.5. The standard InChI is InChI=1S/C27H29F2N5O2/c1-18-14-23(16-30)34(17-18)27(36)24(31)15-25(35)32-10-12-33(13-11-32)26(19-2-6-21(28)7-3-19)20-4-8-22(29)9-5-20/h2-9,23-24,26H,1,10-15,17,31H2/t23-,24-/m0/s1. The number of amides is 2. The Morgan fingerprint density at radius 3 is 2.03 bits per heavy atom. The largest absolute Gasteiger partial charge is 0.340 e. The number of halogens is 2. The summed E-state index contributed by atoms with van der Waals surface area (Å²) in [4.78, 5) is 30.9. The van der Waals surface area contributed by atoms with Gasteiger partial charge >= 0.3 is 0 Å². The Labute approximate surface area is 209 Å². The lowest BCUT2D eigenvalue weighted by Gasteiger charge is -2.40. The average Bonchev–Trinajstić information content (AvgIpc) is 3.27. The third-order valence-corrected chi connectivity index (χ3v) is 6.80. The number of rotatable bonds is 6. The Hall–Kier alpha value is -3.61. The van der Waals surface area contributed by atoms with Crippen LogP contribution in [-0.4, -0.2) is 71.3 Å². The molecule has 0 spiro atoms. The first kappa shape index (κ1) is 25.5. The smallest absolute Gasteiger partial charge is 0.241 e. The highest BCUT2D eigenvalue weighted by molar-refractivity contribution is 5.89. The molecule has 0 unspecified atom stereocenters. The summed E-state index contributed by atoms with van der Waals surface area (Å²) in [7, 11) is 0. The maximum Gasteiger partial charge on any atom is 0.241 e. The minimum atomic E-state index is -1.02. The number of nitriles is 1. The van der Waals surface area contributed by atoms with Crippen LogP contribution in [0.15, 0.2) is 60.7 Å². The molecule has 2 atom stereocenters. The van der Waals surface area contributed by atoms with Crippen molar-refractivity contribution in [3.63, 3.8) is 0 Å². The minimum Gasteiger partial charge on any atom is -0.340 e. The van der Waals surface area contributed by atoms with Crippen LogP contribution in [0.1, 0.15) is 30.0 Å². The van der Waals surface area contributed by atoms with Crippen LogP contribution in [0.5, 0.6) is 0 Å². The van der Waals surface area contributed by atoms with Gasteiger partial charge in [0, 0.05) is 39.1 Å². The van der Waals surface area contributed by atoms with Gasteiger partial charge in [-0.25, -0.2) is 8.78 Å². The number of nitrogens with zero attached hydrogens (tertiary/aromatic N) is 4. The Morgan fingerprint density at radius 1 is 1.00 bits per heavy atom. The topological polar surface area (TPSA) is 93.7 Å². The molecule has 0 bridgehead atoms. The first-order valence-electron chi connectivity index (χ1n) is 11.9. The zero-order valence-electron chi connectivity index (χ0n) is 19.9. The number of benzene rings is 2. The molecule has 9 heteroatoms. The van der Waals surface area contributed by atoms with E-state index in [-0.39, 0.29) is 36.5 Å². The molecule has 188 valence electrons. The van der Waals surface area contributed by atoms with E-state index in [1.165, 1.54) is 29.2 Å². The van der Waals surface area contributed by atoms with E-state index in [1.807, 2.05) is 0 Å². The van der Waals surface area contributed by atoms with Gasteiger partial charge in [0.2, 0.25) is 11.8 Å². The van der Waals surface area contributed by atoms with Crippen LogP contribution < -0.4 is 5.73 Å². The summed E-state index contributed by atoms with van der Waals surface area (Å²) in [6.45, 7) is 6.07. The van der Waals surface area contributed by atoms with E-state index in [0.29, 0.717) is 32.6 Å². The summed E-state index contributed by atoms with van der Waals surface area (Å²) in [6.07, 6.45) is 0.285. The molecule has 2 heterocycles. The van der Waals surface area contributed by atoms with Crippen LogP contribution in [0.3, 0.4) is 0 Å². The lowest BCUT2D eigenvalue weighted by atomic mass is 9.96. The van der Waals surface area contributed by atoms with Crippen LogP contribution in [0.25, 0.3) is 0 Å². The van der Waals surface area contributed by atoms with E-state index in [4.69, 9.17) is 5.73 Å². The van der Waals surface area contributed by atoms with Gasteiger partial charge in [0.25, 0.3) is 0 Å². The molecule has 2 aliphatic rings. The molecular weight excluding hydrogens is 464 g/mol. The molecule has 2 aromatic carbocycles. The van der Waals surface area contributed by atoms with Crippen molar-refractivity contribution in [2.24, 2.45) is 5.73 Å².